The van der Waals surface area contributed by atoms with E-state index in [0.29, 0.717) is 6.04 Å². The first-order valence-electron chi connectivity index (χ1n) is 6.88. The predicted octanol–water partition coefficient (Wildman–Crippen LogP) is 2.58. The first-order chi connectivity index (χ1) is 9.10. The molecule has 1 unspecified atom stereocenters. The molecule has 1 fully saturated rings. The van der Waals surface area contributed by atoms with Crippen LogP contribution in [-0.2, 0) is 0 Å². The highest BCUT2D eigenvalue weighted by Gasteiger charge is 2.20. The number of rotatable bonds is 4. The number of piperidine rings is 1. The normalized spacial score (nSPS) is 19.4. The van der Waals surface area contributed by atoms with Crippen molar-refractivity contribution in [3.63, 3.8) is 0 Å². The molecule has 4 heteroatoms. The van der Waals surface area contributed by atoms with Gasteiger partial charge in [0.15, 0.2) is 0 Å². The molecule has 0 amide bonds. The summed E-state index contributed by atoms with van der Waals surface area (Å²) in [6, 6.07) is 5.28. The maximum atomic E-state index is 13.4. The molecule has 19 heavy (non-hydrogen) atoms. The van der Waals surface area contributed by atoms with Crippen LogP contribution in [0.25, 0.3) is 0 Å². The molecule has 3 nitrogen and oxygen atoms in total. The zero-order valence-corrected chi connectivity index (χ0v) is 11.9. The van der Waals surface area contributed by atoms with Crippen molar-refractivity contribution in [2.24, 2.45) is 0 Å². The molecule has 106 valence electrons. The smallest absolute Gasteiger partial charge is 0.123 e. The Bertz CT molecular complexity index is 417. The number of nitrogens with one attached hydrogen (secondary N) is 1. The van der Waals surface area contributed by atoms with Crippen molar-refractivity contribution >= 4 is 0 Å². The van der Waals surface area contributed by atoms with Gasteiger partial charge in [0.2, 0.25) is 0 Å². The van der Waals surface area contributed by atoms with Crippen LogP contribution < -0.4 is 10.1 Å². The zero-order valence-electron chi connectivity index (χ0n) is 11.9. The van der Waals surface area contributed by atoms with Gasteiger partial charge in [-0.25, -0.2) is 4.39 Å². The van der Waals surface area contributed by atoms with Crippen molar-refractivity contribution in [1.82, 2.24) is 10.2 Å². The summed E-state index contributed by atoms with van der Waals surface area (Å²) < 4.78 is 18.7. The third-order valence-corrected chi connectivity index (χ3v) is 3.86. The van der Waals surface area contributed by atoms with E-state index in [1.54, 1.807) is 19.2 Å². The van der Waals surface area contributed by atoms with E-state index in [4.69, 9.17) is 4.74 Å². The molecular weight excluding hydrogens is 243 g/mol. The van der Waals surface area contributed by atoms with Gasteiger partial charge in [0.05, 0.1) is 7.11 Å². The Morgan fingerprint density at radius 1 is 1.37 bits per heavy atom. The summed E-state index contributed by atoms with van der Waals surface area (Å²) in [6.45, 7) is 4.30. The van der Waals surface area contributed by atoms with E-state index >= 15 is 0 Å². The average molecular weight is 266 g/mol. The minimum Gasteiger partial charge on any atom is -0.496 e. The van der Waals surface area contributed by atoms with E-state index in [1.807, 2.05) is 0 Å². The molecule has 1 N–H and O–H groups in total. The Morgan fingerprint density at radius 2 is 2.05 bits per heavy atom. The summed E-state index contributed by atoms with van der Waals surface area (Å²) in [7, 11) is 3.77. The summed E-state index contributed by atoms with van der Waals surface area (Å²) in [5, 5.41) is 3.58. The van der Waals surface area contributed by atoms with E-state index in [0.717, 1.165) is 37.2 Å². The van der Waals surface area contributed by atoms with Crippen molar-refractivity contribution in [2.75, 3.05) is 27.2 Å². The van der Waals surface area contributed by atoms with Gasteiger partial charge in [-0.05, 0) is 58.1 Å². The molecule has 0 saturated carbocycles. The second-order valence-corrected chi connectivity index (χ2v) is 5.35. The van der Waals surface area contributed by atoms with E-state index < -0.39 is 0 Å². The molecule has 0 radical (unpaired) electrons. The third kappa shape index (κ3) is 3.67. The van der Waals surface area contributed by atoms with Crippen LogP contribution in [-0.4, -0.2) is 38.2 Å². The average Bonchev–Trinajstić information content (AvgIpc) is 2.41. The lowest BCUT2D eigenvalue weighted by atomic mass is 10.0. The van der Waals surface area contributed by atoms with Crippen LogP contribution in [0.4, 0.5) is 4.39 Å². The first kappa shape index (κ1) is 14.3. The van der Waals surface area contributed by atoms with Gasteiger partial charge >= 0.3 is 0 Å². The van der Waals surface area contributed by atoms with Crippen LogP contribution >= 0.6 is 0 Å². The van der Waals surface area contributed by atoms with Crippen LogP contribution in [0, 0.1) is 5.82 Å². The van der Waals surface area contributed by atoms with Crippen molar-refractivity contribution in [1.29, 1.82) is 0 Å². The van der Waals surface area contributed by atoms with Gasteiger partial charge in [0.25, 0.3) is 0 Å². The summed E-state index contributed by atoms with van der Waals surface area (Å²) in [5.74, 6) is 0.530. The van der Waals surface area contributed by atoms with Gasteiger partial charge in [0.1, 0.15) is 11.6 Å². The molecule has 1 aromatic rings. The topological polar surface area (TPSA) is 24.5 Å². The third-order valence-electron chi connectivity index (χ3n) is 3.86. The van der Waals surface area contributed by atoms with Gasteiger partial charge in [-0.3, -0.25) is 0 Å². The Labute approximate surface area is 114 Å². The van der Waals surface area contributed by atoms with Gasteiger partial charge in [-0.15, -0.1) is 0 Å². The summed E-state index contributed by atoms with van der Waals surface area (Å²) in [5.41, 5.74) is 0.890. The number of hydrogen-bond acceptors (Lipinski definition) is 3. The lowest BCUT2D eigenvalue weighted by Crippen LogP contribution is -2.41. The summed E-state index contributed by atoms with van der Waals surface area (Å²) in [6.07, 6.45) is 2.27. The number of hydrogen-bond donors (Lipinski definition) is 1. The molecule has 0 bridgehead atoms. The Kier molecular flexibility index (Phi) is 4.77. The predicted molar refractivity (Wildman–Crippen MR) is 75.0 cm³/mol. The lowest BCUT2D eigenvalue weighted by Gasteiger charge is -2.32. The fourth-order valence-electron chi connectivity index (χ4n) is 2.66. The number of benzene rings is 1. The SMILES string of the molecule is COc1ccc(F)cc1C(C)NC1CCN(C)CC1. The molecule has 1 heterocycles. The minimum atomic E-state index is -0.215. The van der Waals surface area contributed by atoms with Crippen LogP contribution in [0.1, 0.15) is 31.4 Å². The van der Waals surface area contributed by atoms with Gasteiger partial charge in [-0.1, -0.05) is 0 Å². The van der Waals surface area contributed by atoms with Crippen molar-refractivity contribution in [3.05, 3.63) is 29.6 Å². The van der Waals surface area contributed by atoms with Crippen molar-refractivity contribution < 1.29 is 9.13 Å². The van der Waals surface area contributed by atoms with Gasteiger partial charge in [-0.2, -0.15) is 0 Å². The molecule has 0 spiro atoms. The summed E-state index contributed by atoms with van der Waals surface area (Å²) in [4.78, 5) is 2.34. The number of methoxy groups -OCH3 is 1. The van der Waals surface area contributed by atoms with Crippen LogP contribution in [0.2, 0.25) is 0 Å². The molecule has 1 aliphatic heterocycles. The molecule has 2 rings (SSSR count). The van der Waals surface area contributed by atoms with Crippen LogP contribution in [0.5, 0.6) is 5.75 Å². The second-order valence-electron chi connectivity index (χ2n) is 5.35. The van der Waals surface area contributed by atoms with Gasteiger partial charge < -0.3 is 15.0 Å². The van der Waals surface area contributed by atoms with E-state index in [-0.39, 0.29) is 11.9 Å². The Hall–Kier alpha value is -1.13. The highest BCUT2D eigenvalue weighted by atomic mass is 19.1. The van der Waals surface area contributed by atoms with Gasteiger partial charge in [0, 0.05) is 17.6 Å². The fraction of sp³-hybridized carbons (Fsp3) is 0.600. The second kappa shape index (κ2) is 6.35. The monoisotopic (exact) mass is 266 g/mol. The Balaban J connectivity index is 2.03. The molecule has 1 aliphatic rings. The highest BCUT2D eigenvalue weighted by Crippen LogP contribution is 2.27. The largest absolute Gasteiger partial charge is 0.496 e. The van der Waals surface area contributed by atoms with E-state index in [9.17, 15) is 4.39 Å². The minimum absolute atomic E-state index is 0.0963. The number of halogens is 1. The molecule has 0 aromatic heterocycles. The molecule has 1 atom stereocenters. The maximum absolute atomic E-state index is 13.4. The van der Waals surface area contributed by atoms with Crippen LogP contribution in [0.15, 0.2) is 18.2 Å². The van der Waals surface area contributed by atoms with E-state index in [2.05, 4.69) is 24.2 Å². The summed E-state index contributed by atoms with van der Waals surface area (Å²) >= 11 is 0. The highest BCUT2D eigenvalue weighted by molar-refractivity contribution is 5.36. The molecule has 1 saturated heterocycles. The molecule has 0 aliphatic carbocycles. The standard InChI is InChI=1S/C15H23FN2O/c1-11(17-13-6-8-18(2)9-7-13)14-10-12(16)4-5-15(14)19-3/h4-5,10-11,13,17H,6-9H2,1-3H3. The Morgan fingerprint density at radius 3 is 2.68 bits per heavy atom. The number of ether oxygens (including phenoxy) is 1. The molecular formula is C15H23FN2O. The number of likely N-dealkylation sites (tertiary alicyclic amines) is 1. The molecule has 1 aromatic carbocycles. The lowest BCUT2D eigenvalue weighted by molar-refractivity contribution is 0.226. The fourth-order valence-corrected chi connectivity index (χ4v) is 2.66. The van der Waals surface area contributed by atoms with Crippen LogP contribution in [0.3, 0.4) is 0 Å². The zero-order chi connectivity index (χ0) is 13.8. The van der Waals surface area contributed by atoms with E-state index in [1.165, 1.54) is 6.07 Å². The van der Waals surface area contributed by atoms with Crippen molar-refractivity contribution in [2.45, 2.75) is 31.8 Å². The quantitative estimate of drug-likeness (QED) is 0.906. The van der Waals surface area contributed by atoms with Crippen molar-refractivity contribution in [3.8, 4) is 5.75 Å². The first-order valence-corrected chi connectivity index (χ1v) is 6.88. The maximum Gasteiger partial charge on any atom is 0.123 e. The number of nitrogens with zero attached hydrogens (tertiary/aromatic N) is 1.